The molecule has 0 spiro atoms. The van der Waals surface area contributed by atoms with Gasteiger partial charge in [-0.1, -0.05) is 17.7 Å². The topological polar surface area (TPSA) is 51.2 Å². The van der Waals surface area contributed by atoms with Crippen LogP contribution in [0.3, 0.4) is 0 Å². The van der Waals surface area contributed by atoms with Gasteiger partial charge in [0.2, 0.25) is 0 Å². The van der Waals surface area contributed by atoms with Gasteiger partial charge in [0, 0.05) is 19.8 Å². The van der Waals surface area contributed by atoms with Gasteiger partial charge in [0.05, 0.1) is 0 Å². The van der Waals surface area contributed by atoms with Gasteiger partial charge >= 0.3 is 0 Å². The monoisotopic (exact) mass is 242 g/mol. The number of amides is 1. The number of ether oxygens (including phenoxy) is 1. The normalized spacial score (nSPS) is 10.1. The molecule has 0 aliphatic carbocycles. The molecular formula is C11H15ClN2O2. The van der Waals surface area contributed by atoms with Crippen LogP contribution in [0.2, 0.25) is 5.15 Å². The van der Waals surface area contributed by atoms with Gasteiger partial charge in [-0.15, -0.1) is 0 Å². The van der Waals surface area contributed by atoms with Crippen molar-refractivity contribution in [1.82, 2.24) is 10.3 Å². The highest BCUT2D eigenvalue weighted by molar-refractivity contribution is 6.29. The van der Waals surface area contributed by atoms with Crippen molar-refractivity contribution in [1.29, 1.82) is 0 Å². The first-order valence-corrected chi connectivity index (χ1v) is 5.60. The van der Waals surface area contributed by atoms with Crippen LogP contribution in [0.5, 0.6) is 0 Å². The number of pyridine rings is 1. The molecule has 0 radical (unpaired) electrons. The number of halogens is 1. The minimum atomic E-state index is -0.209. The number of hydrogen-bond acceptors (Lipinski definition) is 3. The van der Waals surface area contributed by atoms with Crippen molar-refractivity contribution in [2.75, 3.05) is 19.8 Å². The van der Waals surface area contributed by atoms with E-state index in [4.69, 9.17) is 16.3 Å². The highest BCUT2D eigenvalue weighted by Crippen LogP contribution is 2.04. The second-order valence-corrected chi connectivity index (χ2v) is 3.54. The molecular weight excluding hydrogens is 228 g/mol. The Hall–Kier alpha value is -1.13. The van der Waals surface area contributed by atoms with Gasteiger partial charge in [0.15, 0.2) is 0 Å². The SMILES string of the molecule is CCOCCCNC(=O)c1cccc(Cl)n1. The van der Waals surface area contributed by atoms with E-state index in [1.54, 1.807) is 18.2 Å². The van der Waals surface area contributed by atoms with E-state index >= 15 is 0 Å². The van der Waals surface area contributed by atoms with Gasteiger partial charge in [-0.3, -0.25) is 4.79 Å². The summed E-state index contributed by atoms with van der Waals surface area (Å²) < 4.78 is 5.15. The third-order valence-electron chi connectivity index (χ3n) is 1.90. The summed E-state index contributed by atoms with van der Waals surface area (Å²) in [5.41, 5.74) is 0.337. The van der Waals surface area contributed by atoms with Crippen LogP contribution in [0.1, 0.15) is 23.8 Å². The lowest BCUT2D eigenvalue weighted by Gasteiger charge is -2.04. The zero-order valence-electron chi connectivity index (χ0n) is 9.20. The Morgan fingerprint density at radius 2 is 2.38 bits per heavy atom. The van der Waals surface area contributed by atoms with E-state index in [1.807, 2.05) is 6.92 Å². The van der Waals surface area contributed by atoms with Crippen LogP contribution in [-0.4, -0.2) is 30.6 Å². The van der Waals surface area contributed by atoms with Crippen molar-refractivity contribution in [3.8, 4) is 0 Å². The Bertz CT molecular complexity index is 345. The summed E-state index contributed by atoms with van der Waals surface area (Å²) in [5.74, 6) is -0.209. The minimum Gasteiger partial charge on any atom is -0.382 e. The number of carbonyl (C=O) groups excluding carboxylic acids is 1. The van der Waals surface area contributed by atoms with Gasteiger partial charge in [0.1, 0.15) is 10.8 Å². The van der Waals surface area contributed by atoms with Gasteiger partial charge in [-0.05, 0) is 25.5 Å². The molecule has 0 saturated carbocycles. The van der Waals surface area contributed by atoms with Crippen molar-refractivity contribution < 1.29 is 9.53 Å². The fourth-order valence-corrected chi connectivity index (χ4v) is 1.31. The summed E-state index contributed by atoms with van der Waals surface area (Å²) in [6, 6.07) is 4.96. The van der Waals surface area contributed by atoms with Crippen molar-refractivity contribution in [2.24, 2.45) is 0 Å². The first-order chi connectivity index (χ1) is 7.74. The molecule has 5 heteroatoms. The highest BCUT2D eigenvalue weighted by atomic mass is 35.5. The van der Waals surface area contributed by atoms with Crippen LogP contribution in [-0.2, 0) is 4.74 Å². The van der Waals surface area contributed by atoms with Gasteiger partial charge in [-0.2, -0.15) is 0 Å². The molecule has 0 fully saturated rings. The number of rotatable bonds is 6. The zero-order chi connectivity index (χ0) is 11.8. The molecule has 4 nitrogen and oxygen atoms in total. The van der Waals surface area contributed by atoms with E-state index in [-0.39, 0.29) is 5.91 Å². The van der Waals surface area contributed by atoms with Gasteiger partial charge < -0.3 is 10.1 Å². The lowest BCUT2D eigenvalue weighted by atomic mass is 10.3. The Balaban J connectivity index is 2.30. The zero-order valence-corrected chi connectivity index (χ0v) is 9.96. The second kappa shape index (κ2) is 7.19. The maximum Gasteiger partial charge on any atom is 0.269 e. The number of hydrogen-bond donors (Lipinski definition) is 1. The number of carbonyl (C=O) groups is 1. The Morgan fingerprint density at radius 3 is 3.06 bits per heavy atom. The molecule has 1 amide bonds. The molecule has 0 aliphatic rings. The predicted octanol–water partition coefficient (Wildman–Crippen LogP) is 1.89. The van der Waals surface area contributed by atoms with Crippen molar-refractivity contribution >= 4 is 17.5 Å². The second-order valence-electron chi connectivity index (χ2n) is 3.15. The van der Waals surface area contributed by atoms with Gasteiger partial charge in [0.25, 0.3) is 5.91 Å². The quantitative estimate of drug-likeness (QED) is 0.612. The molecule has 0 unspecified atom stereocenters. The summed E-state index contributed by atoms with van der Waals surface area (Å²) in [6.07, 6.45) is 0.792. The molecule has 0 saturated heterocycles. The molecule has 1 rings (SSSR count). The summed E-state index contributed by atoms with van der Waals surface area (Å²) in [5, 5.41) is 3.07. The van der Waals surface area contributed by atoms with Crippen LogP contribution in [0.15, 0.2) is 18.2 Å². The molecule has 1 heterocycles. The molecule has 16 heavy (non-hydrogen) atoms. The largest absolute Gasteiger partial charge is 0.382 e. The smallest absolute Gasteiger partial charge is 0.269 e. The maximum atomic E-state index is 11.6. The van der Waals surface area contributed by atoms with Crippen LogP contribution in [0.4, 0.5) is 0 Å². The molecule has 0 atom stereocenters. The summed E-state index contributed by atoms with van der Waals surface area (Å²) >= 11 is 5.68. The first kappa shape index (κ1) is 12.9. The summed E-state index contributed by atoms with van der Waals surface area (Å²) in [7, 11) is 0. The molecule has 1 N–H and O–H groups in total. The standard InChI is InChI=1S/C11H15ClN2O2/c1-2-16-8-4-7-13-11(15)9-5-3-6-10(12)14-9/h3,5-6H,2,4,7-8H2,1H3,(H,13,15). The summed E-state index contributed by atoms with van der Waals surface area (Å²) in [4.78, 5) is 15.5. The van der Waals surface area contributed by atoms with E-state index in [1.165, 1.54) is 0 Å². The van der Waals surface area contributed by atoms with Crippen LogP contribution >= 0.6 is 11.6 Å². The molecule has 0 aromatic carbocycles. The van der Waals surface area contributed by atoms with Crippen molar-refractivity contribution in [3.63, 3.8) is 0 Å². The van der Waals surface area contributed by atoms with Crippen molar-refractivity contribution in [3.05, 3.63) is 29.0 Å². The van der Waals surface area contributed by atoms with E-state index in [2.05, 4.69) is 10.3 Å². The molecule has 1 aromatic heterocycles. The molecule has 88 valence electrons. The maximum absolute atomic E-state index is 11.6. The predicted molar refractivity (Wildman–Crippen MR) is 62.7 cm³/mol. The summed E-state index contributed by atoms with van der Waals surface area (Å²) in [6.45, 7) is 3.87. The molecule has 0 aliphatic heterocycles. The fraction of sp³-hybridized carbons (Fsp3) is 0.455. The van der Waals surface area contributed by atoms with E-state index < -0.39 is 0 Å². The third-order valence-corrected chi connectivity index (χ3v) is 2.11. The average Bonchev–Trinajstić information content (AvgIpc) is 2.28. The van der Waals surface area contributed by atoms with E-state index in [0.717, 1.165) is 6.42 Å². The minimum absolute atomic E-state index is 0.209. The lowest BCUT2D eigenvalue weighted by molar-refractivity contribution is 0.0939. The highest BCUT2D eigenvalue weighted by Gasteiger charge is 2.05. The van der Waals surface area contributed by atoms with Crippen LogP contribution in [0, 0.1) is 0 Å². The van der Waals surface area contributed by atoms with Crippen LogP contribution < -0.4 is 5.32 Å². The van der Waals surface area contributed by atoms with Crippen LogP contribution in [0.25, 0.3) is 0 Å². The number of aromatic nitrogens is 1. The number of nitrogens with one attached hydrogen (secondary N) is 1. The average molecular weight is 243 g/mol. The molecule has 1 aromatic rings. The first-order valence-electron chi connectivity index (χ1n) is 5.22. The Kier molecular flexibility index (Phi) is 5.82. The van der Waals surface area contributed by atoms with E-state index in [0.29, 0.717) is 30.6 Å². The third kappa shape index (κ3) is 4.59. The fourth-order valence-electron chi connectivity index (χ4n) is 1.15. The molecule has 0 bridgehead atoms. The van der Waals surface area contributed by atoms with Gasteiger partial charge in [-0.25, -0.2) is 4.98 Å². The van der Waals surface area contributed by atoms with Crippen molar-refractivity contribution in [2.45, 2.75) is 13.3 Å². The number of nitrogens with zero attached hydrogens (tertiary/aromatic N) is 1. The Morgan fingerprint density at radius 1 is 1.56 bits per heavy atom. The lowest BCUT2D eigenvalue weighted by Crippen LogP contribution is -2.26. The Labute approximate surface area is 100.0 Å². The van der Waals surface area contributed by atoms with E-state index in [9.17, 15) is 4.79 Å².